The Bertz CT molecular complexity index is 1220. The van der Waals surface area contributed by atoms with Gasteiger partial charge in [-0.05, 0) is 54.7 Å². The van der Waals surface area contributed by atoms with Gasteiger partial charge in [-0.1, -0.05) is 24.3 Å². The number of nitrogens with zero attached hydrogens (tertiary/aromatic N) is 3. The maximum atomic E-state index is 13.5. The molecule has 1 fully saturated rings. The number of nitrogens with one attached hydrogen (secondary N) is 2. The minimum absolute atomic E-state index is 0.0923. The number of ether oxygens (including phenoxy) is 1. The SMILES string of the molecule is N=CN1CCCOCc2ccc(-c3ccc(C4CC4)nc3)cc2C(=O)c2cccc(n2)C1=N. The van der Waals surface area contributed by atoms with Crippen LogP contribution in [0.25, 0.3) is 11.1 Å². The fourth-order valence-electron chi connectivity index (χ4n) is 4.03. The summed E-state index contributed by atoms with van der Waals surface area (Å²) in [6, 6.07) is 15.0. The predicted octanol–water partition coefficient (Wildman–Crippen LogP) is 4.41. The van der Waals surface area contributed by atoms with Gasteiger partial charge in [0.05, 0.1) is 12.9 Å². The molecule has 7 nitrogen and oxygen atoms in total. The third-order valence-electron chi connectivity index (χ3n) is 6.08. The fourth-order valence-corrected chi connectivity index (χ4v) is 4.03. The number of aromatic nitrogens is 2. The Morgan fingerprint density at radius 1 is 1.06 bits per heavy atom. The molecule has 2 N–H and O–H groups in total. The van der Waals surface area contributed by atoms with Crippen LogP contribution in [0.5, 0.6) is 0 Å². The number of benzene rings is 1. The molecule has 2 aliphatic rings. The summed E-state index contributed by atoms with van der Waals surface area (Å²) in [4.78, 5) is 24.1. The number of amidine groups is 1. The highest BCUT2D eigenvalue weighted by atomic mass is 16.5. The summed E-state index contributed by atoms with van der Waals surface area (Å²) in [6.45, 7) is 1.24. The predicted molar refractivity (Wildman–Crippen MR) is 126 cm³/mol. The van der Waals surface area contributed by atoms with Crippen LogP contribution in [0.1, 0.15) is 58.2 Å². The third-order valence-corrected chi connectivity index (χ3v) is 6.08. The van der Waals surface area contributed by atoms with Crippen LogP contribution in [0, 0.1) is 10.8 Å². The summed E-state index contributed by atoms with van der Waals surface area (Å²) >= 11 is 0. The Balaban J connectivity index is 1.54. The Labute approximate surface area is 192 Å². The zero-order valence-corrected chi connectivity index (χ0v) is 18.3. The van der Waals surface area contributed by atoms with Gasteiger partial charge in [0.25, 0.3) is 0 Å². The smallest absolute Gasteiger partial charge is 0.211 e. The lowest BCUT2D eigenvalue weighted by Crippen LogP contribution is -2.31. The Kier molecular flexibility index (Phi) is 5.79. The van der Waals surface area contributed by atoms with Gasteiger partial charge in [0.2, 0.25) is 5.78 Å². The van der Waals surface area contributed by atoms with E-state index in [1.54, 1.807) is 18.2 Å². The van der Waals surface area contributed by atoms with Crippen molar-refractivity contribution in [2.45, 2.75) is 31.8 Å². The second-order valence-corrected chi connectivity index (χ2v) is 8.43. The molecule has 1 aromatic carbocycles. The molecule has 0 atom stereocenters. The second kappa shape index (κ2) is 9.03. The Morgan fingerprint density at radius 2 is 1.88 bits per heavy atom. The van der Waals surface area contributed by atoms with Crippen molar-refractivity contribution in [3.8, 4) is 11.1 Å². The molecule has 0 spiro atoms. The molecule has 2 aromatic heterocycles. The van der Waals surface area contributed by atoms with E-state index in [0.29, 0.717) is 43.4 Å². The van der Waals surface area contributed by atoms with Gasteiger partial charge in [0.1, 0.15) is 11.4 Å². The van der Waals surface area contributed by atoms with Crippen molar-refractivity contribution in [3.05, 3.63) is 82.9 Å². The Hall–Kier alpha value is -3.71. The van der Waals surface area contributed by atoms with Crippen LogP contribution in [-0.2, 0) is 11.3 Å². The molecule has 1 aliphatic heterocycles. The number of fused-ring (bicyclic) bond motifs is 3. The van der Waals surface area contributed by atoms with Gasteiger partial charge >= 0.3 is 0 Å². The van der Waals surface area contributed by atoms with Gasteiger partial charge in [-0.15, -0.1) is 0 Å². The molecular weight excluding hydrogens is 414 g/mol. The van der Waals surface area contributed by atoms with Gasteiger partial charge in [-0.3, -0.25) is 20.6 Å². The highest BCUT2D eigenvalue weighted by molar-refractivity contribution is 6.10. The normalized spacial score (nSPS) is 16.9. The topological polar surface area (TPSA) is 103 Å². The number of ketones is 1. The maximum Gasteiger partial charge on any atom is 0.211 e. The quantitative estimate of drug-likeness (QED) is 0.465. The summed E-state index contributed by atoms with van der Waals surface area (Å²) in [7, 11) is 0. The molecular formula is C26H25N5O2. The van der Waals surface area contributed by atoms with Crippen LogP contribution in [0.15, 0.2) is 54.7 Å². The average Bonchev–Trinajstić information content (AvgIpc) is 3.71. The molecule has 0 unspecified atom stereocenters. The molecule has 7 heteroatoms. The largest absolute Gasteiger partial charge is 0.377 e. The van der Waals surface area contributed by atoms with Crippen LogP contribution in [-0.4, -0.2) is 46.0 Å². The second-order valence-electron chi connectivity index (χ2n) is 8.43. The third kappa shape index (κ3) is 4.45. The van der Waals surface area contributed by atoms with E-state index in [1.807, 2.05) is 24.4 Å². The molecule has 2 bridgehead atoms. The molecule has 166 valence electrons. The molecule has 3 aromatic rings. The van der Waals surface area contributed by atoms with Gasteiger partial charge in [0, 0.05) is 42.1 Å². The molecule has 33 heavy (non-hydrogen) atoms. The minimum Gasteiger partial charge on any atom is -0.377 e. The van der Waals surface area contributed by atoms with E-state index >= 15 is 0 Å². The van der Waals surface area contributed by atoms with Crippen molar-refractivity contribution < 1.29 is 9.53 Å². The lowest BCUT2D eigenvalue weighted by molar-refractivity contribution is 0.101. The van der Waals surface area contributed by atoms with E-state index in [-0.39, 0.29) is 17.3 Å². The van der Waals surface area contributed by atoms with E-state index in [1.165, 1.54) is 17.7 Å². The van der Waals surface area contributed by atoms with Gasteiger partial charge in [-0.25, -0.2) is 4.98 Å². The Morgan fingerprint density at radius 3 is 2.64 bits per heavy atom. The van der Waals surface area contributed by atoms with E-state index in [9.17, 15) is 4.79 Å². The first kappa shape index (κ1) is 21.2. The standard InChI is InChI=1S/C26H25N5O2/c27-16-31-11-2-12-33-15-20-8-7-18(19-9-10-22(29-14-19)17-5-6-17)13-21(20)25(32)23-3-1-4-24(30-23)26(31)28/h1,3-4,7-10,13-14,16-17,27-28H,2,5-6,11-12,15H2. The van der Waals surface area contributed by atoms with Gasteiger partial charge < -0.3 is 9.64 Å². The summed E-state index contributed by atoms with van der Waals surface area (Å²) in [5, 5.41) is 16.1. The molecule has 0 radical (unpaired) electrons. The number of hydrogen-bond acceptors (Lipinski definition) is 6. The van der Waals surface area contributed by atoms with Gasteiger partial charge in [0.15, 0.2) is 5.84 Å². The highest BCUT2D eigenvalue weighted by Crippen LogP contribution is 2.39. The van der Waals surface area contributed by atoms with E-state index in [2.05, 4.69) is 22.1 Å². The van der Waals surface area contributed by atoms with Crippen LogP contribution in [0.4, 0.5) is 0 Å². The first-order chi connectivity index (χ1) is 16.1. The molecule has 1 aliphatic carbocycles. The van der Waals surface area contributed by atoms with E-state index in [4.69, 9.17) is 15.6 Å². The molecule has 3 heterocycles. The summed E-state index contributed by atoms with van der Waals surface area (Å²) in [6.07, 6.45) is 6.06. The van der Waals surface area contributed by atoms with Crippen molar-refractivity contribution >= 4 is 18.0 Å². The molecule has 5 rings (SSSR count). The lowest BCUT2D eigenvalue weighted by atomic mass is 9.96. The van der Waals surface area contributed by atoms with Crippen molar-refractivity contribution in [2.24, 2.45) is 0 Å². The minimum atomic E-state index is -0.215. The number of pyridine rings is 2. The van der Waals surface area contributed by atoms with Crippen molar-refractivity contribution in [2.75, 3.05) is 13.2 Å². The van der Waals surface area contributed by atoms with Crippen LogP contribution >= 0.6 is 0 Å². The van der Waals surface area contributed by atoms with Crippen molar-refractivity contribution in [3.63, 3.8) is 0 Å². The number of hydrogen-bond donors (Lipinski definition) is 2. The molecule has 0 saturated heterocycles. The lowest BCUT2D eigenvalue weighted by Gasteiger charge is -2.19. The average molecular weight is 440 g/mol. The first-order valence-electron chi connectivity index (χ1n) is 11.2. The van der Waals surface area contributed by atoms with Crippen LogP contribution < -0.4 is 0 Å². The summed E-state index contributed by atoms with van der Waals surface area (Å²) in [5.74, 6) is 0.474. The molecule has 0 amide bonds. The maximum absolute atomic E-state index is 13.5. The zero-order valence-electron chi connectivity index (χ0n) is 18.3. The number of carbonyl (C=O) groups excluding carboxylic acids is 1. The number of rotatable bonds is 3. The van der Waals surface area contributed by atoms with E-state index < -0.39 is 0 Å². The molecule has 1 saturated carbocycles. The summed E-state index contributed by atoms with van der Waals surface area (Å²) in [5.41, 5.74) is 4.98. The first-order valence-corrected chi connectivity index (χ1v) is 11.2. The van der Waals surface area contributed by atoms with Crippen LogP contribution in [0.3, 0.4) is 0 Å². The fraction of sp³-hybridized carbons (Fsp3) is 0.269. The van der Waals surface area contributed by atoms with E-state index in [0.717, 1.165) is 28.7 Å². The van der Waals surface area contributed by atoms with Gasteiger partial charge in [-0.2, -0.15) is 0 Å². The van der Waals surface area contributed by atoms with Crippen molar-refractivity contribution in [1.82, 2.24) is 14.9 Å². The zero-order chi connectivity index (χ0) is 22.8. The monoisotopic (exact) mass is 439 g/mol. The van der Waals surface area contributed by atoms with Crippen molar-refractivity contribution in [1.29, 1.82) is 10.8 Å². The van der Waals surface area contributed by atoms with Crippen LogP contribution in [0.2, 0.25) is 0 Å². The summed E-state index contributed by atoms with van der Waals surface area (Å²) < 4.78 is 5.85. The highest BCUT2D eigenvalue weighted by Gasteiger charge is 2.25. The number of carbonyl (C=O) groups is 1.